The predicted octanol–water partition coefficient (Wildman–Crippen LogP) is 3.54. The standard InChI is InChI=1S/C20H26N2O4/c1-4-8-21(9-5-2)14-10-13-12-22(20(25)26-3)17-7-6-15(19(23)24)16(11-14)18(13)17/h6-7,12,14H,4-5,8-11H2,1-3H3,(H,23,24). The maximum Gasteiger partial charge on any atom is 0.418 e. The van der Waals surface area contributed by atoms with Crippen molar-refractivity contribution < 1.29 is 19.4 Å². The average Bonchev–Trinajstić information content (AvgIpc) is 3.00. The predicted molar refractivity (Wildman–Crippen MR) is 100 cm³/mol. The zero-order chi connectivity index (χ0) is 18.8. The molecule has 6 nitrogen and oxygen atoms in total. The molecule has 0 saturated carbocycles. The van der Waals surface area contributed by atoms with E-state index in [2.05, 4.69) is 18.7 Å². The Labute approximate surface area is 153 Å². The van der Waals surface area contributed by atoms with E-state index in [1.807, 2.05) is 6.20 Å². The first-order valence-corrected chi connectivity index (χ1v) is 9.23. The molecule has 3 rings (SSSR count). The minimum absolute atomic E-state index is 0.250. The number of ether oxygens (including phenoxy) is 1. The van der Waals surface area contributed by atoms with Gasteiger partial charge in [0.25, 0.3) is 0 Å². The highest BCUT2D eigenvalue weighted by molar-refractivity contribution is 6.01. The maximum atomic E-state index is 12.1. The van der Waals surface area contributed by atoms with E-state index in [9.17, 15) is 14.7 Å². The number of carbonyl (C=O) groups is 2. The van der Waals surface area contributed by atoms with Crippen molar-refractivity contribution in [2.45, 2.75) is 45.6 Å². The van der Waals surface area contributed by atoms with Crippen molar-refractivity contribution in [1.82, 2.24) is 9.47 Å². The van der Waals surface area contributed by atoms with Crippen LogP contribution in [-0.2, 0) is 17.6 Å². The molecule has 0 radical (unpaired) electrons. The highest BCUT2D eigenvalue weighted by Gasteiger charge is 2.31. The summed E-state index contributed by atoms with van der Waals surface area (Å²) in [5.74, 6) is -0.920. The van der Waals surface area contributed by atoms with Gasteiger partial charge >= 0.3 is 12.1 Å². The van der Waals surface area contributed by atoms with Gasteiger partial charge in [-0.1, -0.05) is 13.8 Å². The van der Waals surface area contributed by atoms with Crippen LogP contribution in [0.5, 0.6) is 0 Å². The van der Waals surface area contributed by atoms with Crippen LogP contribution in [0.3, 0.4) is 0 Å². The average molecular weight is 358 g/mol. The lowest BCUT2D eigenvalue weighted by Crippen LogP contribution is -2.41. The van der Waals surface area contributed by atoms with E-state index >= 15 is 0 Å². The molecule has 0 amide bonds. The normalized spacial score (nSPS) is 16.2. The van der Waals surface area contributed by atoms with Crippen molar-refractivity contribution in [2.24, 2.45) is 0 Å². The van der Waals surface area contributed by atoms with Crippen LogP contribution in [0.1, 0.15) is 48.2 Å². The SMILES string of the molecule is CCCN(CCC)C1Cc2cn(C(=O)OC)c3ccc(C(=O)O)c(c23)C1. The molecule has 1 atom stereocenters. The molecule has 0 bridgehead atoms. The second kappa shape index (κ2) is 7.50. The van der Waals surface area contributed by atoms with E-state index in [0.29, 0.717) is 12.0 Å². The Morgan fingerprint density at radius 2 is 1.92 bits per heavy atom. The van der Waals surface area contributed by atoms with E-state index in [-0.39, 0.29) is 6.04 Å². The quantitative estimate of drug-likeness (QED) is 0.855. The first-order chi connectivity index (χ1) is 12.5. The highest BCUT2D eigenvalue weighted by Crippen LogP contribution is 2.35. The molecule has 2 aromatic rings. The lowest BCUT2D eigenvalue weighted by Gasteiger charge is -2.34. The Kier molecular flexibility index (Phi) is 5.32. The fourth-order valence-corrected chi connectivity index (χ4v) is 4.17. The molecule has 0 fully saturated rings. The summed E-state index contributed by atoms with van der Waals surface area (Å²) in [7, 11) is 1.35. The van der Waals surface area contributed by atoms with Gasteiger partial charge in [-0.2, -0.15) is 0 Å². The van der Waals surface area contributed by atoms with Crippen LogP contribution in [0.15, 0.2) is 18.3 Å². The van der Waals surface area contributed by atoms with Gasteiger partial charge in [0.15, 0.2) is 0 Å². The summed E-state index contributed by atoms with van der Waals surface area (Å²) in [4.78, 5) is 26.4. The molecular weight excluding hydrogens is 332 g/mol. The molecule has 6 heteroatoms. The maximum absolute atomic E-state index is 12.1. The zero-order valence-corrected chi connectivity index (χ0v) is 15.6. The third kappa shape index (κ3) is 3.09. The Hall–Kier alpha value is -2.34. The van der Waals surface area contributed by atoms with Gasteiger partial charge in [0.1, 0.15) is 0 Å². The van der Waals surface area contributed by atoms with Crippen molar-refractivity contribution in [3.8, 4) is 0 Å². The lowest BCUT2D eigenvalue weighted by molar-refractivity contribution is 0.0695. The molecule has 1 aliphatic rings. The van der Waals surface area contributed by atoms with Gasteiger partial charge in [-0.25, -0.2) is 9.59 Å². The van der Waals surface area contributed by atoms with Gasteiger partial charge in [-0.15, -0.1) is 0 Å². The van der Waals surface area contributed by atoms with Crippen molar-refractivity contribution in [2.75, 3.05) is 20.2 Å². The number of carboxylic acid groups (broad SMARTS) is 1. The summed E-state index contributed by atoms with van der Waals surface area (Å²) < 4.78 is 6.38. The number of carboxylic acids is 1. The molecule has 1 unspecified atom stereocenters. The molecular formula is C20H26N2O4. The Morgan fingerprint density at radius 1 is 1.23 bits per heavy atom. The van der Waals surface area contributed by atoms with Gasteiger partial charge in [0.05, 0.1) is 18.2 Å². The summed E-state index contributed by atoms with van der Waals surface area (Å²) in [5.41, 5.74) is 2.92. The van der Waals surface area contributed by atoms with Crippen molar-refractivity contribution in [3.05, 3.63) is 35.0 Å². The van der Waals surface area contributed by atoms with Crippen LogP contribution >= 0.6 is 0 Å². The Morgan fingerprint density at radius 3 is 2.50 bits per heavy atom. The van der Waals surface area contributed by atoms with E-state index < -0.39 is 12.1 Å². The van der Waals surface area contributed by atoms with Crippen LogP contribution < -0.4 is 0 Å². The molecule has 140 valence electrons. The minimum atomic E-state index is -0.920. The highest BCUT2D eigenvalue weighted by atomic mass is 16.5. The van der Waals surface area contributed by atoms with Crippen LogP contribution in [0.25, 0.3) is 10.9 Å². The number of aromatic carboxylic acids is 1. The van der Waals surface area contributed by atoms with Crippen molar-refractivity contribution in [3.63, 3.8) is 0 Å². The third-order valence-electron chi connectivity index (χ3n) is 5.19. The number of hydrogen-bond acceptors (Lipinski definition) is 4. The topological polar surface area (TPSA) is 71.8 Å². The molecule has 0 spiro atoms. The van der Waals surface area contributed by atoms with Gasteiger partial charge in [-0.3, -0.25) is 9.47 Å². The first kappa shape index (κ1) is 18.5. The van der Waals surface area contributed by atoms with E-state index in [1.165, 1.54) is 11.7 Å². The van der Waals surface area contributed by atoms with Crippen LogP contribution in [0.2, 0.25) is 0 Å². The molecule has 0 saturated heterocycles. The van der Waals surface area contributed by atoms with Crippen LogP contribution in [0.4, 0.5) is 4.79 Å². The van der Waals surface area contributed by atoms with E-state index in [4.69, 9.17) is 4.74 Å². The van der Waals surface area contributed by atoms with Crippen molar-refractivity contribution >= 4 is 23.0 Å². The number of benzene rings is 1. The summed E-state index contributed by atoms with van der Waals surface area (Å²) in [5, 5.41) is 10.6. The summed E-state index contributed by atoms with van der Waals surface area (Å²) in [6, 6.07) is 3.56. The number of rotatable bonds is 6. The number of hydrogen-bond donors (Lipinski definition) is 1. The molecule has 1 N–H and O–H groups in total. The fourth-order valence-electron chi connectivity index (χ4n) is 4.17. The number of methoxy groups -OCH3 is 1. The Balaban J connectivity index is 2.13. The molecule has 1 aromatic heterocycles. The second-order valence-electron chi connectivity index (χ2n) is 6.88. The Bertz CT molecular complexity index is 834. The third-order valence-corrected chi connectivity index (χ3v) is 5.19. The molecule has 1 heterocycles. The van der Waals surface area contributed by atoms with Gasteiger partial charge in [0.2, 0.25) is 0 Å². The first-order valence-electron chi connectivity index (χ1n) is 9.23. The summed E-state index contributed by atoms with van der Waals surface area (Å²) in [6.45, 7) is 6.30. The summed E-state index contributed by atoms with van der Waals surface area (Å²) in [6.07, 6.45) is 4.99. The number of aromatic nitrogens is 1. The van der Waals surface area contributed by atoms with Gasteiger partial charge in [-0.05, 0) is 62.0 Å². The van der Waals surface area contributed by atoms with Crippen LogP contribution in [-0.4, -0.2) is 52.9 Å². The van der Waals surface area contributed by atoms with E-state index in [1.54, 1.807) is 12.1 Å². The molecule has 0 aliphatic heterocycles. The number of carbonyl (C=O) groups excluding carboxylic acids is 1. The molecule has 1 aliphatic carbocycles. The van der Waals surface area contributed by atoms with Crippen molar-refractivity contribution in [1.29, 1.82) is 0 Å². The largest absolute Gasteiger partial charge is 0.478 e. The minimum Gasteiger partial charge on any atom is -0.478 e. The molecule has 26 heavy (non-hydrogen) atoms. The fraction of sp³-hybridized carbons (Fsp3) is 0.500. The monoisotopic (exact) mass is 358 g/mol. The summed E-state index contributed by atoms with van der Waals surface area (Å²) >= 11 is 0. The second-order valence-corrected chi connectivity index (χ2v) is 6.88. The number of nitrogens with zero attached hydrogens (tertiary/aromatic N) is 2. The van der Waals surface area contributed by atoms with E-state index in [0.717, 1.165) is 54.4 Å². The van der Waals surface area contributed by atoms with Gasteiger partial charge < -0.3 is 9.84 Å². The van der Waals surface area contributed by atoms with Gasteiger partial charge in [0, 0.05) is 17.6 Å². The zero-order valence-electron chi connectivity index (χ0n) is 15.6. The molecule has 1 aromatic carbocycles. The van der Waals surface area contributed by atoms with Crippen LogP contribution in [0, 0.1) is 0 Å². The lowest BCUT2D eigenvalue weighted by atomic mass is 9.85. The smallest absolute Gasteiger partial charge is 0.418 e.